The molecule has 0 saturated carbocycles. The molecule has 1 fully saturated rings. The Morgan fingerprint density at radius 3 is 2.87 bits per heavy atom. The maximum absolute atomic E-state index is 13.2. The number of hydrogen-bond acceptors (Lipinski definition) is 6. The third kappa shape index (κ3) is 4.01. The summed E-state index contributed by atoms with van der Waals surface area (Å²) in [7, 11) is 0. The van der Waals surface area contributed by atoms with Crippen molar-refractivity contribution < 1.29 is 9.53 Å². The molecule has 3 aromatic rings. The van der Waals surface area contributed by atoms with E-state index < -0.39 is 0 Å². The zero-order valence-corrected chi connectivity index (χ0v) is 17.6. The molecule has 1 aliphatic rings. The molecule has 31 heavy (non-hydrogen) atoms. The first-order valence-electron chi connectivity index (χ1n) is 10.3. The number of nitrogens with zero attached hydrogens (tertiary/aromatic N) is 4. The summed E-state index contributed by atoms with van der Waals surface area (Å²) in [6, 6.07) is 5.14. The van der Waals surface area contributed by atoms with Gasteiger partial charge < -0.3 is 14.6 Å². The molecule has 1 amide bonds. The molecule has 1 saturated heterocycles. The van der Waals surface area contributed by atoms with Crippen LogP contribution in [0.3, 0.4) is 0 Å². The number of allylic oxidation sites excluding steroid dienone is 1. The molecule has 0 atom stereocenters. The van der Waals surface area contributed by atoms with Gasteiger partial charge in [-0.15, -0.1) is 6.58 Å². The quantitative estimate of drug-likeness (QED) is 0.449. The summed E-state index contributed by atoms with van der Waals surface area (Å²) in [6.45, 7) is 10.1. The summed E-state index contributed by atoms with van der Waals surface area (Å²) < 4.78 is 8.36. The fourth-order valence-corrected chi connectivity index (χ4v) is 3.82. The number of ether oxygens (including phenoxy) is 1. The molecule has 4 rings (SSSR count). The van der Waals surface area contributed by atoms with Gasteiger partial charge in [-0.1, -0.05) is 12.1 Å². The number of morpholine rings is 1. The van der Waals surface area contributed by atoms with Crippen LogP contribution in [0.4, 0.5) is 0 Å². The average Bonchev–Trinajstić information content (AvgIpc) is 2.77. The highest BCUT2D eigenvalue weighted by Gasteiger charge is 2.18. The first-order valence-corrected chi connectivity index (χ1v) is 10.3. The van der Waals surface area contributed by atoms with Gasteiger partial charge in [-0.05, 0) is 24.6 Å². The van der Waals surface area contributed by atoms with Gasteiger partial charge >= 0.3 is 0 Å². The van der Waals surface area contributed by atoms with E-state index in [4.69, 9.17) is 10.1 Å². The average molecular weight is 422 g/mol. The lowest BCUT2D eigenvalue weighted by Crippen LogP contribution is -2.42. The van der Waals surface area contributed by atoms with E-state index in [2.05, 4.69) is 21.8 Å². The Hall–Kier alpha value is -3.30. The second kappa shape index (κ2) is 8.83. The van der Waals surface area contributed by atoms with Gasteiger partial charge in [0.1, 0.15) is 16.8 Å². The van der Waals surface area contributed by atoms with Crippen molar-refractivity contribution >= 4 is 22.6 Å². The van der Waals surface area contributed by atoms with Crippen molar-refractivity contribution in [1.29, 1.82) is 5.41 Å². The lowest BCUT2D eigenvalue weighted by molar-refractivity contribution is 0.0383. The number of hydrogen-bond donors (Lipinski definition) is 2. The molecule has 1 aliphatic heterocycles. The van der Waals surface area contributed by atoms with Crippen molar-refractivity contribution in [3.05, 3.63) is 64.0 Å². The minimum absolute atomic E-state index is 0.00102. The number of fused-ring (bicyclic) bond motifs is 2. The van der Waals surface area contributed by atoms with Gasteiger partial charge in [-0.25, -0.2) is 4.98 Å². The van der Waals surface area contributed by atoms with Gasteiger partial charge in [0.25, 0.3) is 11.5 Å². The number of rotatable bonds is 6. The molecule has 9 heteroatoms. The highest BCUT2D eigenvalue weighted by Crippen LogP contribution is 2.12. The lowest BCUT2D eigenvalue weighted by atomic mass is 10.2. The summed E-state index contributed by atoms with van der Waals surface area (Å²) >= 11 is 0. The summed E-state index contributed by atoms with van der Waals surface area (Å²) in [6.07, 6.45) is 3.28. The molecular weight excluding hydrogens is 396 g/mol. The molecule has 9 nitrogen and oxygen atoms in total. The fourth-order valence-electron chi connectivity index (χ4n) is 3.82. The predicted molar refractivity (Wildman–Crippen MR) is 117 cm³/mol. The van der Waals surface area contributed by atoms with Gasteiger partial charge in [0.05, 0.1) is 24.2 Å². The smallest absolute Gasteiger partial charge is 0.267 e. The van der Waals surface area contributed by atoms with Crippen molar-refractivity contribution in [3.8, 4) is 0 Å². The van der Waals surface area contributed by atoms with Crippen LogP contribution in [0.15, 0.2) is 41.8 Å². The van der Waals surface area contributed by atoms with Crippen molar-refractivity contribution in [2.75, 3.05) is 39.4 Å². The molecule has 0 radical (unpaired) electrons. The SMILES string of the molecule is C=CCn1c(=N)c(C(=O)NCCN2CCOCC2)cc2c(=O)n3cccc(C)c3nc21. The maximum atomic E-state index is 13.2. The molecule has 0 spiro atoms. The number of nitrogens with one attached hydrogen (secondary N) is 2. The van der Waals surface area contributed by atoms with Crippen molar-refractivity contribution in [1.82, 2.24) is 24.2 Å². The Morgan fingerprint density at radius 1 is 1.35 bits per heavy atom. The normalized spacial score (nSPS) is 14.7. The number of aromatic nitrogens is 3. The minimum atomic E-state index is -0.383. The Labute approximate surface area is 179 Å². The Kier molecular flexibility index (Phi) is 5.97. The first kappa shape index (κ1) is 21.0. The number of aryl methyl sites for hydroxylation is 1. The topological polar surface area (TPSA) is 105 Å². The second-order valence-electron chi connectivity index (χ2n) is 7.55. The predicted octanol–water partition coefficient (Wildman–Crippen LogP) is 0.685. The molecule has 0 aliphatic carbocycles. The van der Waals surface area contributed by atoms with Crippen LogP contribution >= 0.6 is 0 Å². The fraction of sp³-hybridized carbons (Fsp3) is 0.364. The zero-order chi connectivity index (χ0) is 22.0. The summed E-state index contributed by atoms with van der Waals surface area (Å²) in [5.41, 5.74) is 1.62. The van der Waals surface area contributed by atoms with Gasteiger partial charge in [0.15, 0.2) is 0 Å². The number of amides is 1. The van der Waals surface area contributed by atoms with E-state index in [0.717, 1.165) is 18.7 Å². The Morgan fingerprint density at radius 2 is 2.13 bits per heavy atom. The highest BCUT2D eigenvalue weighted by atomic mass is 16.5. The summed E-state index contributed by atoms with van der Waals surface area (Å²) in [5, 5.41) is 11.8. The van der Waals surface area contributed by atoms with Crippen LogP contribution in [-0.4, -0.2) is 64.2 Å². The number of pyridine rings is 2. The van der Waals surface area contributed by atoms with Gasteiger partial charge in [0.2, 0.25) is 0 Å². The standard InChI is InChI=1S/C22H26N6O3/c1-3-7-27-18(23)16(21(29)24-6-9-26-10-12-31-13-11-26)14-17-20(27)25-19-15(2)5-4-8-28(19)22(17)30/h3-5,8,14,23H,1,6-7,9-13H2,2H3,(H,24,29). The molecule has 3 aromatic heterocycles. The first-order chi connectivity index (χ1) is 15.0. The van der Waals surface area contributed by atoms with Gasteiger partial charge in [-0.2, -0.15) is 0 Å². The molecule has 0 aromatic carbocycles. The van der Waals surface area contributed by atoms with Crippen molar-refractivity contribution in [2.45, 2.75) is 13.5 Å². The highest BCUT2D eigenvalue weighted by molar-refractivity contribution is 5.96. The van der Waals surface area contributed by atoms with E-state index in [1.807, 2.05) is 13.0 Å². The van der Waals surface area contributed by atoms with Crippen molar-refractivity contribution in [2.24, 2.45) is 0 Å². The third-order valence-corrected chi connectivity index (χ3v) is 5.51. The van der Waals surface area contributed by atoms with Crippen LogP contribution in [0.25, 0.3) is 16.7 Å². The minimum Gasteiger partial charge on any atom is -0.379 e. The molecule has 162 valence electrons. The third-order valence-electron chi connectivity index (χ3n) is 5.51. The summed E-state index contributed by atoms with van der Waals surface area (Å²) in [5.74, 6) is -0.383. The molecule has 0 bridgehead atoms. The van der Waals surface area contributed by atoms with Crippen LogP contribution < -0.4 is 16.4 Å². The van der Waals surface area contributed by atoms with Crippen molar-refractivity contribution in [3.63, 3.8) is 0 Å². The monoisotopic (exact) mass is 422 g/mol. The Bertz CT molecular complexity index is 1270. The van der Waals surface area contributed by atoms with Crippen LogP contribution in [0, 0.1) is 12.3 Å². The number of carbonyl (C=O) groups is 1. The van der Waals surface area contributed by atoms with E-state index in [1.54, 1.807) is 22.9 Å². The maximum Gasteiger partial charge on any atom is 0.267 e. The van der Waals surface area contributed by atoms with Crippen LogP contribution in [0.5, 0.6) is 0 Å². The summed E-state index contributed by atoms with van der Waals surface area (Å²) in [4.78, 5) is 32.9. The Balaban J connectivity index is 1.74. The van der Waals surface area contributed by atoms with E-state index in [-0.39, 0.29) is 29.1 Å². The zero-order valence-electron chi connectivity index (χ0n) is 17.6. The molecule has 4 heterocycles. The number of carbonyl (C=O) groups excluding carboxylic acids is 1. The van der Waals surface area contributed by atoms with Crippen LogP contribution in [0.1, 0.15) is 15.9 Å². The van der Waals surface area contributed by atoms with E-state index >= 15 is 0 Å². The van der Waals surface area contributed by atoms with E-state index in [0.29, 0.717) is 43.0 Å². The van der Waals surface area contributed by atoms with Crippen LogP contribution in [-0.2, 0) is 11.3 Å². The molecule has 2 N–H and O–H groups in total. The second-order valence-corrected chi connectivity index (χ2v) is 7.55. The van der Waals surface area contributed by atoms with E-state index in [1.165, 1.54) is 10.5 Å². The van der Waals surface area contributed by atoms with Gasteiger partial charge in [0, 0.05) is 38.9 Å². The van der Waals surface area contributed by atoms with Crippen LogP contribution in [0.2, 0.25) is 0 Å². The van der Waals surface area contributed by atoms with E-state index in [9.17, 15) is 9.59 Å². The molecule has 0 unspecified atom stereocenters. The largest absolute Gasteiger partial charge is 0.379 e. The van der Waals surface area contributed by atoms with Gasteiger partial charge in [-0.3, -0.25) is 24.3 Å². The molecular formula is C22H26N6O3. The lowest BCUT2D eigenvalue weighted by Gasteiger charge is -2.26.